The Morgan fingerprint density at radius 1 is 1.00 bits per heavy atom. The van der Waals surface area contributed by atoms with Crippen LogP contribution in [0, 0.1) is 11.7 Å². The third-order valence-corrected chi connectivity index (χ3v) is 9.39. The van der Waals surface area contributed by atoms with E-state index in [-0.39, 0.29) is 35.4 Å². The second-order valence-electron chi connectivity index (χ2n) is 12.7. The number of carboxylic acids is 1. The van der Waals surface area contributed by atoms with Crippen molar-refractivity contribution in [3.05, 3.63) is 82.1 Å². The fourth-order valence-corrected chi connectivity index (χ4v) is 5.94. The summed E-state index contributed by atoms with van der Waals surface area (Å²) in [6.07, 6.45) is 4.94. The van der Waals surface area contributed by atoms with E-state index in [4.69, 9.17) is 9.47 Å². The van der Waals surface area contributed by atoms with Crippen LogP contribution in [0.4, 0.5) is 4.39 Å². The highest BCUT2D eigenvalue weighted by Crippen LogP contribution is 2.37. The lowest BCUT2D eigenvalue weighted by molar-refractivity contribution is -0.141. The Hall–Kier alpha value is -4.64. The van der Waals surface area contributed by atoms with Gasteiger partial charge in [0.15, 0.2) is 28.9 Å². The summed E-state index contributed by atoms with van der Waals surface area (Å²) in [5.41, 5.74) is 2.14. The average Bonchev–Trinajstić information content (AvgIpc) is 3.57. The minimum atomic E-state index is -1.16. The molecule has 2 N–H and O–H groups in total. The quantitative estimate of drug-likeness (QED) is 0.0979. The Balaban J connectivity index is 1.51. The van der Waals surface area contributed by atoms with Crippen molar-refractivity contribution in [2.75, 3.05) is 13.7 Å². The van der Waals surface area contributed by atoms with E-state index in [1.807, 2.05) is 37.3 Å². The molecule has 0 aliphatic carbocycles. The summed E-state index contributed by atoms with van der Waals surface area (Å²) in [7, 11) is 1.46. The smallest absolute Gasteiger partial charge is 0.325 e. The Bertz CT molecular complexity index is 1730. The molecular weight excluding hydrogens is 633 g/mol. The monoisotopic (exact) mass is 675 g/mol. The molecular formula is C37H42FN3O6S. The Labute approximate surface area is 284 Å². The highest BCUT2D eigenvalue weighted by Gasteiger charge is 2.27. The zero-order valence-corrected chi connectivity index (χ0v) is 28.9. The van der Waals surface area contributed by atoms with Crippen molar-refractivity contribution in [3.63, 3.8) is 0 Å². The van der Waals surface area contributed by atoms with Gasteiger partial charge in [0.2, 0.25) is 5.91 Å². The predicted octanol–water partition coefficient (Wildman–Crippen LogP) is 7.52. The number of Topliss-reactive ketones (excluding diaryl/α,β-unsaturated/α-hetero) is 1. The van der Waals surface area contributed by atoms with E-state index < -0.39 is 29.7 Å². The standard InChI is InChI=1S/C37H42FN3O6S/c1-7-8-17-47-33-29(46-6)14-13-27(32(33)38)26-20-39-34(40-21-26)24-11-9-23(10-12-24)18-25(35(43)41-22(2)36(44)45)19-28(42)30-15-16-31(48-30)37(3,4)5/h9-16,20-22,25H,7-8,17-19H2,1-6H3,(H,41,43)(H,44,45)/t22-,25-/m1/s1. The number of nitrogens with zero attached hydrogens (tertiary/aromatic N) is 2. The number of benzene rings is 2. The molecule has 0 saturated heterocycles. The van der Waals surface area contributed by atoms with Gasteiger partial charge < -0.3 is 19.9 Å². The lowest BCUT2D eigenvalue weighted by atomic mass is 9.92. The van der Waals surface area contributed by atoms with E-state index in [1.165, 1.54) is 25.4 Å². The maximum atomic E-state index is 15.5. The van der Waals surface area contributed by atoms with E-state index in [9.17, 15) is 19.5 Å². The maximum absolute atomic E-state index is 15.5. The first kappa shape index (κ1) is 36.2. The van der Waals surface area contributed by atoms with Crippen molar-refractivity contribution in [1.82, 2.24) is 15.3 Å². The number of aliphatic carboxylic acids is 1. The van der Waals surface area contributed by atoms with Crippen LogP contribution in [0.2, 0.25) is 0 Å². The topological polar surface area (TPSA) is 128 Å². The number of thiophene rings is 1. The van der Waals surface area contributed by atoms with Gasteiger partial charge >= 0.3 is 5.97 Å². The summed E-state index contributed by atoms with van der Waals surface area (Å²) in [6.45, 7) is 9.99. The Kier molecular flexibility index (Phi) is 12.0. The Morgan fingerprint density at radius 2 is 1.69 bits per heavy atom. The second kappa shape index (κ2) is 16.0. The third kappa shape index (κ3) is 9.03. The molecule has 2 heterocycles. The van der Waals surface area contributed by atoms with Gasteiger partial charge in [-0.1, -0.05) is 58.4 Å². The number of ketones is 1. The van der Waals surface area contributed by atoms with Crippen LogP contribution in [0.3, 0.4) is 0 Å². The highest BCUT2D eigenvalue weighted by atomic mass is 32.1. The second-order valence-corrected chi connectivity index (χ2v) is 13.7. The molecule has 2 atom stereocenters. The van der Waals surface area contributed by atoms with Crippen LogP contribution < -0.4 is 14.8 Å². The van der Waals surface area contributed by atoms with Crippen LogP contribution in [0.15, 0.2) is 60.9 Å². The SMILES string of the molecule is CCCCOc1c(OC)ccc(-c2cnc(-c3ccc(C[C@H](CC(=O)c4ccc(C(C)(C)C)s4)C(=O)N[C@H](C)C(=O)O)cc3)nc2)c1F. The van der Waals surface area contributed by atoms with Crippen molar-refractivity contribution in [1.29, 1.82) is 0 Å². The number of ether oxygens (including phenoxy) is 2. The molecule has 2 aromatic carbocycles. The van der Waals surface area contributed by atoms with E-state index in [1.54, 1.807) is 30.6 Å². The summed E-state index contributed by atoms with van der Waals surface area (Å²) in [6, 6.07) is 13.1. The van der Waals surface area contributed by atoms with Crippen molar-refractivity contribution in [3.8, 4) is 34.0 Å². The molecule has 0 saturated carbocycles. The maximum Gasteiger partial charge on any atom is 0.325 e. The normalized spacial score (nSPS) is 12.6. The van der Waals surface area contributed by atoms with Crippen LogP contribution in [0.1, 0.15) is 74.0 Å². The highest BCUT2D eigenvalue weighted by molar-refractivity contribution is 7.14. The van der Waals surface area contributed by atoms with Gasteiger partial charge in [-0.05, 0) is 55.0 Å². The minimum absolute atomic E-state index is 0.0549. The molecule has 11 heteroatoms. The van der Waals surface area contributed by atoms with Gasteiger partial charge in [0.1, 0.15) is 6.04 Å². The lowest BCUT2D eigenvalue weighted by Gasteiger charge is -2.18. The number of methoxy groups -OCH3 is 1. The first-order valence-corrected chi connectivity index (χ1v) is 16.7. The number of carbonyl (C=O) groups excluding carboxylic acids is 2. The third-order valence-electron chi connectivity index (χ3n) is 7.83. The summed E-state index contributed by atoms with van der Waals surface area (Å²) in [5.74, 6) is -2.37. The number of hydrogen-bond donors (Lipinski definition) is 2. The molecule has 0 aliphatic heterocycles. The molecule has 48 heavy (non-hydrogen) atoms. The van der Waals surface area contributed by atoms with Crippen LogP contribution in [-0.4, -0.2) is 52.5 Å². The van der Waals surface area contributed by atoms with Crippen LogP contribution in [0.5, 0.6) is 11.5 Å². The number of amides is 1. The van der Waals surface area contributed by atoms with Crippen molar-refractivity contribution >= 4 is 29.0 Å². The fraction of sp³-hybridized carbons (Fsp3) is 0.378. The van der Waals surface area contributed by atoms with E-state index >= 15 is 4.39 Å². The van der Waals surface area contributed by atoms with E-state index in [0.29, 0.717) is 34.2 Å². The molecule has 2 aromatic heterocycles. The number of hydrogen-bond acceptors (Lipinski definition) is 8. The molecule has 1 amide bonds. The fourth-order valence-electron chi connectivity index (χ4n) is 4.93. The predicted molar refractivity (Wildman–Crippen MR) is 184 cm³/mol. The van der Waals surface area contributed by atoms with Crippen molar-refractivity contribution < 1.29 is 33.4 Å². The van der Waals surface area contributed by atoms with Gasteiger partial charge in [-0.2, -0.15) is 0 Å². The summed E-state index contributed by atoms with van der Waals surface area (Å²) in [4.78, 5) is 48.4. The number of aromatic nitrogens is 2. The summed E-state index contributed by atoms with van der Waals surface area (Å²) in [5, 5.41) is 11.8. The number of carbonyl (C=O) groups is 3. The van der Waals surface area contributed by atoms with E-state index in [2.05, 4.69) is 36.1 Å². The lowest BCUT2D eigenvalue weighted by Crippen LogP contribution is -2.42. The Morgan fingerprint density at radius 3 is 2.27 bits per heavy atom. The number of carboxylic acid groups (broad SMARTS) is 1. The molecule has 254 valence electrons. The van der Waals surface area contributed by atoms with Crippen molar-refractivity contribution in [2.24, 2.45) is 5.92 Å². The molecule has 9 nitrogen and oxygen atoms in total. The van der Waals surface area contributed by atoms with Crippen LogP contribution in [-0.2, 0) is 21.4 Å². The first-order chi connectivity index (χ1) is 22.8. The molecule has 4 rings (SSSR count). The molecule has 0 radical (unpaired) electrons. The van der Waals surface area contributed by atoms with Crippen LogP contribution >= 0.6 is 11.3 Å². The van der Waals surface area contributed by atoms with E-state index in [0.717, 1.165) is 23.3 Å². The van der Waals surface area contributed by atoms with Crippen molar-refractivity contribution in [2.45, 2.75) is 71.8 Å². The van der Waals surface area contributed by atoms with Crippen LogP contribution in [0.25, 0.3) is 22.5 Å². The first-order valence-electron chi connectivity index (χ1n) is 15.9. The number of nitrogens with one attached hydrogen (secondary N) is 1. The largest absolute Gasteiger partial charge is 0.493 e. The molecule has 0 fully saturated rings. The van der Waals surface area contributed by atoms with Gasteiger partial charge in [0.05, 0.1) is 18.6 Å². The zero-order chi connectivity index (χ0) is 35.0. The summed E-state index contributed by atoms with van der Waals surface area (Å²) < 4.78 is 26.4. The number of rotatable bonds is 15. The molecule has 0 spiro atoms. The number of halogens is 1. The minimum Gasteiger partial charge on any atom is -0.493 e. The van der Waals surface area contributed by atoms with Gasteiger partial charge in [0, 0.05) is 46.3 Å². The molecule has 0 unspecified atom stereocenters. The van der Waals surface area contributed by atoms with Gasteiger partial charge in [-0.15, -0.1) is 11.3 Å². The van der Waals surface area contributed by atoms with Gasteiger partial charge in [0.25, 0.3) is 0 Å². The molecule has 0 bridgehead atoms. The molecule has 4 aromatic rings. The zero-order valence-electron chi connectivity index (χ0n) is 28.1. The van der Waals surface area contributed by atoms with Gasteiger partial charge in [-0.3, -0.25) is 14.4 Å². The molecule has 0 aliphatic rings. The number of unbranched alkanes of at least 4 members (excludes halogenated alkanes) is 1. The summed E-state index contributed by atoms with van der Waals surface area (Å²) >= 11 is 1.41. The van der Waals surface area contributed by atoms with Gasteiger partial charge in [-0.25, -0.2) is 14.4 Å². The average molecular weight is 676 g/mol.